The van der Waals surface area contributed by atoms with Crippen LogP contribution in [0.15, 0.2) is 27.9 Å². The maximum Gasteiger partial charge on any atom is 0.330 e. The molecule has 0 bridgehead atoms. The Balaban J connectivity index is 2.39. The first-order valence-corrected chi connectivity index (χ1v) is 5.16. The average molecular weight is 258 g/mol. The minimum absolute atomic E-state index is 0.456. The van der Waals surface area contributed by atoms with Gasteiger partial charge in [0.1, 0.15) is 12.2 Å². The van der Waals surface area contributed by atoms with Gasteiger partial charge in [-0.25, -0.2) is 4.79 Å². The van der Waals surface area contributed by atoms with Crippen LogP contribution in [0.4, 0.5) is 4.39 Å². The molecule has 1 aliphatic heterocycles. The van der Waals surface area contributed by atoms with Crippen LogP contribution >= 0.6 is 0 Å². The minimum Gasteiger partial charge on any atom is -0.394 e. The Morgan fingerprint density at radius 3 is 2.83 bits per heavy atom. The molecule has 98 valence electrons. The number of aliphatic hydroxyl groups excluding tert-OH is 2. The van der Waals surface area contributed by atoms with Crippen molar-refractivity contribution < 1.29 is 19.3 Å². The Labute approximate surface area is 99.8 Å². The van der Waals surface area contributed by atoms with E-state index in [0.29, 0.717) is 6.20 Å². The Hall–Kier alpha value is -1.77. The molecule has 0 saturated heterocycles. The van der Waals surface area contributed by atoms with Gasteiger partial charge >= 0.3 is 5.69 Å². The Morgan fingerprint density at radius 2 is 2.17 bits per heavy atom. The second-order valence-corrected chi connectivity index (χ2v) is 3.77. The predicted octanol–water partition coefficient (Wildman–Crippen LogP) is -1.52. The van der Waals surface area contributed by atoms with Crippen LogP contribution in [-0.4, -0.2) is 38.6 Å². The fourth-order valence-corrected chi connectivity index (χ4v) is 1.60. The van der Waals surface area contributed by atoms with Crippen LogP contribution in [0.2, 0.25) is 0 Å². The topological polar surface area (TPSA) is 105 Å². The SMILES string of the molecule is O=c1[nH]c(=O)n([C@H]2C=C[C@H](O)[C@@H](CO)O2)cc1F. The number of aromatic amines is 1. The van der Waals surface area contributed by atoms with Crippen molar-refractivity contribution in [3.05, 3.63) is 45.0 Å². The number of aromatic nitrogens is 2. The summed E-state index contributed by atoms with van der Waals surface area (Å²) in [6.07, 6.45) is 0.448. The van der Waals surface area contributed by atoms with Gasteiger partial charge in [-0.2, -0.15) is 4.39 Å². The molecular formula is C10H11FN2O5. The molecule has 0 aromatic carbocycles. The lowest BCUT2D eigenvalue weighted by molar-refractivity contribution is -0.105. The summed E-state index contributed by atoms with van der Waals surface area (Å²) in [4.78, 5) is 24.1. The second kappa shape index (κ2) is 4.84. The molecule has 8 heteroatoms. The number of nitrogens with one attached hydrogen (secondary N) is 1. The predicted molar refractivity (Wildman–Crippen MR) is 57.4 cm³/mol. The van der Waals surface area contributed by atoms with Gasteiger partial charge in [-0.3, -0.25) is 14.3 Å². The zero-order valence-corrected chi connectivity index (χ0v) is 9.12. The smallest absolute Gasteiger partial charge is 0.330 e. The highest BCUT2D eigenvalue weighted by Crippen LogP contribution is 2.19. The summed E-state index contributed by atoms with van der Waals surface area (Å²) in [6.45, 7) is -0.456. The van der Waals surface area contributed by atoms with Crippen LogP contribution < -0.4 is 11.2 Å². The number of nitrogens with zero attached hydrogens (tertiary/aromatic N) is 1. The van der Waals surface area contributed by atoms with Crippen molar-refractivity contribution in [2.75, 3.05) is 6.61 Å². The third-order valence-corrected chi connectivity index (χ3v) is 2.55. The number of hydrogen-bond donors (Lipinski definition) is 3. The van der Waals surface area contributed by atoms with E-state index < -0.39 is 42.1 Å². The molecule has 0 fully saturated rings. The number of hydrogen-bond acceptors (Lipinski definition) is 5. The van der Waals surface area contributed by atoms with E-state index in [9.17, 15) is 19.1 Å². The molecule has 2 rings (SSSR count). The lowest BCUT2D eigenvalue weighted by Gasteiger charge is -2.29. The molecule has 1 aliphatic rings. The van der Waals surface area contributed by atoms with E-state index in [1.165, 1.54) is 12.2 Å². The first-order chi connectivity index (χ1) is 8.52. The molecule has 3 N–H and O–H groups in total. The van der Waals surface area contributed by atoms with E-state index in [4.69, 9.17) is 9.84 Å². The zero-order chi connectivity index (χ0) is 13.3. The first kappa shape index (κ1) is 12.7. The van der Waals surface area contributed by atoms with Gasteiger partial charge in [-0.1, -0.05) is 6.08 Å². The van der Waals surface area contributed by atoms with Crippen molar-refractivity contribution in [1.82, 2.24) is 9.55 Å². The van der Waals surface area contributed by atoms with Gasteiger partial charge in [-0.15, -0.1) is 0 Å². The molecule has 7 nitrogen and oxygen atoms in total. The van der Waals surface area contributed by atoms with Crippen molar-refractivity contribution >= 4 is 0 Å². The summed E-state index contributed by atoms with van der Waals surface area (Å²) >= 11 is 0. The summed E-state index contributed by atoms with van der Waals surface area (Å²) < 4.78 is 19.1. The number of H-pyrrole nitrogens is 1. The van der Waals surface area contributed by atoms with Crippen LogP contribution in [0.5, 0.6) is 0 Å². The molecule has 2 heterocycles. The zero-order valence-electron chi connectivity index (χ0n) is 9.12. The average Bonchev–Trinajstić information content (AvgIpc) is 2.35. The van der Waals surface area contributed by atoms with E-state index in [2.05, 4.69) is 0 Å². The second-order valence-electron chi connectivity index (χ2n) is 3.77. The van der Waals surface area contributed by atoms with Crippen LogP contribution in [0.1, 0.15) is 6.23 Å². The third kappa shape index (κ3) is 2.26. The fraction of sp³-hybridized carbons (Fsp3) is 0.400. The molecule has 0 unspecified atom stereocenters. The number of aliphatic hydroxyl groups is 2. The highest BCUT2D eigenvalue weighted by Gasteiger charge is 2.26. The monoisotopic (exact) mass is 258 g/mol. The van der Waals surface area contributed by atoms with Crippen molar-refractivity contribution in [3.63, 3.8) is 0 Å². The lowest BCUT2D eigenvalue weighted by Crippen LogP contribution is -2.41. The van der Waals surface area contributed by atoms with Crippen LogP contribution in [0.25, 0.3) is 0 Å². The number of rotatable bonds is 2. The normalized spacial score (nSPS) is 27.4. The highest BCUT2D eigenvalue weighted by molar-refractivity contribution is 5.02. The minimum atomic E-state index is -1.13. The summed E-state index contributed by atoms with van der Waals surface area (Å²) in [5, 5.41) is 18.4. The Morgan fingerprint density at radius 1 is 1.44 bits per heavy atom. The van der Waals surface area contributed by atoms with E-state index in [1.807, 2.05) is 0 Å². The van der Waals surface area contributed by atoms with Crippen molar-refractivity contribution in [2.24, 2.45) is 0 Å². The quantitative estimate of drug-likeness (QED) is 0.559. The lowest BCUT2D eigenvalue weighted by atomic mass is 10.1. The van der Waals surface area contributed by atoms with E-state index in [1.54, 1.807) is 4.98 Å². The van der Waals surface area contributed by atoms with Gasteiger partial charge < -0.3 is 14.9 Å². The van der Waals surface area contributed by atoms with Gasteiger partial charge in [0.25, 0.3) is 5.56 Å². The van der Waals surface area contributed by atoms with Crippen molar-refractivity contribution in [2.45, 2.75) is 18.4 Å². The number of halogens is 1. The molecular weight excluding hydrogens is 247 g/mol. The van der Waals surface area contributed by atoms with Crippen molar-refractivity contribution in [1.29, 1.82) is 0 Å². The van der Waals surface area contributed by atoms with Crippen LogP contribution in [-0.2, 0) is 4.74 Å². The number of ether oxygens (including phenoxy) is 1. The molecule has 1 aromatic rings. The maximum atomic E-state index is 13.1. The summed E-state index contributed by atoms with van der Waals surface area (Å²) in [7, 11) is 0. The van der Waals surface area contributed by atoms with E-state index in [0.717, 1.165) is 4.57 Å². The van der Waals surface area contributed by atoms with Gasteiger partial charge in [0.2, 0.25) is 5.82 Å². The molecule has 0 amide bonds. The first-order valence-electron chi connectivity index (χ1n) is 5.16. The van der Waals surface area contributed by atoms with E-state index >= 15 is 0 Å². The summed E-state index contributed by atoms with van der Waals surface area (Å²) in [6, 6.07) is 0. The largest absolute Gasteiger partial charge is 0.394 e. The third-order valence-electron chi connectivity index (χ3n) is 2.55. The molecule has 0 spiro atoms. The fourth-order valence-electron chi connectivity index (χ4n) is 1.60. The highest BCUT2D eigenvalue weighted by atomic mass is 19.1. The molecule has 0 radical (unpaired) electrons. The molecule has 18 heavy (non-hydrogen) atoms. The molecule has 0 saturated carbocycles. The molecule has 1 aromatic heterocycles. The van der Waals surface area contributed by atoms with Gasteiger partial charge in [0.05, 0.1) is 12.8 Å². The summed E-state index contributed by atoms with van der Waals surface area (Å²) in [5.41, 5.74) is -1.96. The molecule has 0 aliphatic carbocycles. The van der Waals surface area contributed by atoms with Crippen LogP contribution in [0, 0.1) is 5.82 Å². The Bertz CT molecular complexity index is 578. The van der Waals surface area contributed by atoms with Gasteiger partial charge in [-0.05, 0) is 6.08 Å². The van der Waals surface area contributed by atoms with E-state index in [-0.39, 0.29) is 0 Å². The van der Waals surface area contributed by atoms with Gasteiger partial charge in [0, 0.05) is 0 Å². The van der Waals surface area contributed by atoms with Crippen molar-refractivity contribution in [3.8, 4) is 0 Å². The Kier molecular flexibility index (Phi) is 3.41. The van der Waals surface area contributed by atoms with Crippen LogP contribution in [0.3, 0.4) is 0 Å². The standard InChI is InChI=1S/C10H11FN2O5/c11-5-3-13(10(17)12-9(5)16)8-2-1-6(15)7(4-14)18-8/h1-3,6-8,14-15H,4H2,(H,12,16,17)/t6-,7+,8+/m0/s1. The maximum absolute atomic E-state index is 13.1. The summed E-state index contributed by atoms with van der Waals surface area (Å²) in [5.74, 6) is -1.13. The molecule has 3 atom stereocenters. The van der Waals surface area contributed by atoms with Gasteiger partial charge in [0.15, 0.2) is 6.23 Å².